The number of esters is 4. The summed E-state index contributed by atoms with van der Waals surface area (Å²) in [6, 6.07) is 0. The molecule has 32 heavy (non-hydrogen) atoms. The van der Waals surface area contributed by atoms with Gasteiger partial charge in [0.1, 0.15) is 18.5 Å². The first kappa shape index (κ1) is 25.7. The largest absolute Gasteiger partial charge is 0.463 e. The number of ether oxygens (including phenoxy) is 6. The van der Waals surface area contributed by atoms with Crippen LogP contribution >= 0.6 is 0 Å². The van der Waals surface area contributed by atoms with Crippen LogP contribution in [0.1, 0.15) is 53.4 Å². The van der Waals surface area contributed by atoms with Gasteiger partial charge in [0.05, 0.1) is 6.61 Å². The number of carbonyl (C=O) groups is 5. The van der Waals surface area contributed by atoms with Gasteiger partial charge in [0, 0.05) is 40.0 Å². The molecule has 0 N–H and O–H groups in total. The molecule has 180 valence electrons. The van der Waals surface area contributed by atoms with Crippen LogP contribution in [0.25, 0.3) is 0 Å². The van der Waals surface area contributed by atoms with Gasteiger partial charge in [-0.3, -0.25) is 24.0 Å². The van der Waals surface area contributed by atoms with Crippen molar-refractivity contribution in [3.63, 3.8) is 0 Å². The van der Waals surface area contributed by atoms with E-state index in [0.29, 0.717) is 12.8 Å². The van der Waals surface area contributed by atoms with Gasteiger partial charge in [0.15, 0.2) is 24.6 Å². The zero-order valence-corrected chi connectivity index (χ0v) is 18.7. The van der Waals surface area contributed by atoms with Gasteiger partial charge in [0.25, 0.3) is 0 Å². The van der Waals surface area contributed by atoms with Gasteiger partial charge in [-0.15, -0.1) is 0 Å². The molecule has 6 atom stereocenters. The summed E-state index contributed by atoms with van der Waals surface area (Å²) in [5.74, 6) is -3.02. The van der Waals surface area contributed by atoms with E-state index >= 15 is 0 Å². The SMILES string of the molecule is CC(=O)OC[C@H]1O[C@@H](OC[C@@H]2CCCCC2=O)[C@H](OC(C)=O)[C@@H](OC(C)=O)[C@@H]1OC(C)=O. The minimum absolute atomic E-state index is 0.00652. The molecule has 11 heteroatoms. The molecule has 2 rings (SSSR count). The lowest BCUT2D eigenvalue weighted by atomic mass is 9.88. The molecule has 0 spiro atoms. The third kappa shape index (κ3) is 7.56. The zero-order valence-electron chi connectivity index (χ0n) is 18.7. The van der Waals surface area contributed by atoms with E-state index in [1.54, 1.807) is 0 Å². The maximum atomic E-state index is 12.2. The Morgan fingerprint density at radius 2 is 1.41 bits per heavy atom. The van der Waals surface area contributed by atoms with Crippen LogP contribution < -0.4 is 0 Å². The molecule has 0 unspecified atom stereocenters. The van der Waals surface area contributed by atoms with Crippen molar-refractivity contribution in [1.82, 2.24) is 0 Å². The van der Waals surface area contributed by atoms with E-state index in [4.69, 9.17) is 28.4 Å². The van der Waals surface area contributed by atoms with Crippen molar-refractivity contribution < 1.29 is 52.4 Å². The molecular formula is C21H30O11. The molecule has 2 fully saturated rings. The Hall–Kier alpha value is -2.53. The molecule has 0 bridgehead atoms. The Bertz CT molecular complexity index is 719. The number of ketones is 1. The monoisotopic (exact) mass is 458 g/mol. The molecule has 0 aromatic rings. The Morgan fingerprint density at radius 1 is 0.812 bits per heavy atom. The number of carbonyl (C=O) groups excluding carboxylic acids is 5. The van der Waals surface area contributed by atoms with Crippen LogP contribution in [0.4, 0.5) is 0 Å². The van der Waals surface area contributed by atoms with Crippen LogP contribution in [0.5, 0.6) is 0 Å². The minimum atomic E-state index is -1.29. The van der Waals surface area contributed by atoms with Crippen LogP contribution in [0.15, 0.2) is 0 Å². The highest BCUT2D eigenvalue weighted by molar-refractivity contribution is 5.81. The first-order valence-electron chi connectivity index (χ1n) is 10.5. The summed E-state index contributed by atoms with van der Waals surface area (Å²) in [5.41, 5.74) is 0. The van der Waals surface area contributed by atoms with Crippen molar-refractivity contribution in [3.05, 3.63) is 0 Å². The molecule has 11 nitrogen and oxygen atoms in total. The van der Waals surface area contributed by atoms with Crippen molar-refractivity contribution in [2.24, 2.45) is 5.92 Å². The van der Waals surface area contributed by atoms with E-state index in [1.807, 2.05) is 0 Å². The summed E-state index contributed by atoms with van der Waals surface area (Å²) in [6.07, 6.45) is -3.31. The summed E-state index contributed by atoms with van der Waals surface area (Å²) >= 11 is 0. The summed E-state index contributed by atoms with van der Waals surface area (Å²) in [5, 5.41) is 0. The quantitative estimate of drug-likeness (QED) is 0.377. The van der Waals surface area contributed by atoms with Gasteiger partial charge in [-0.2, -0.15) is 0 Å². The van der Waals surface area contributed by atoms with E-state index in [-0.39, 0.29) is 24.9 Å². The molecule has 0 aromatic heterocycles. The van der Waals surface area contributed by atoms with Gasteiger partial charge in [0.2, 0.25) is 0 Å². The molecular weight excluding hydrogens is 428 g/mol. The summed E-state index contributed by atoms with van der Waals surface area (Å²) in [4.78, 5) is 58.7. The molecule has 1 aliphatic carbocycles. The number of hydrogen-bond acceptors (Lipinski definition) is 11. The second kappa shape index (κ2) is 11.9. The highest BCUT2D eigenvalue weighted by atomic mass is 16.7. The fourth-order valence-electron chi connectivity index (χ4n) is 3.77. The van der Waals surface area contributed by atoms with Crippen LogP contribution in [0, 0.1) is 5.92 Å². The number of Topliss-reactive ketones (excluding diaryl/α,β-unsaturated/α-hetero) is 1. The zero-order chi connectivity index (χ0) is 23.8. The molecule has 1 heterocycles. The van der Waals surface area contributed by atoms with E-state index in [1.165, 1.54) is 6.92 Å². The first-order valence-corrected chi connectivity index (χ1v) is 10.5. The molecule has 0 amide bonds. The Labute approximate surface area is 186 Å². The molecule has 0 aromatic carbocycles. The Morgan fingerprint density at radius 3 is 1.97 bits per heavy atom. The molecule has 1 saturated heterocycles. The van der Waals surface area contributed by atoms with E-state index in [0.717, 1.165) is 33.6 Å². The average Bonchev–Trinajstić information content (AvgIpc) is 2.68. The van der Waals surface area contributed by atoms with Crippen molar-refractivity contribution in [2.75, 3.05) is 13.2 Å². The molecule has 1 aliphatic heterocycles. The summed E-state index contributed by atoms with van der Waals surface area (Å²) in [6.45, 7) is 4.30. The van der Waals surface area contributed by atoms with Crippen molar-refractivity contribution in [3.8, 4) is 0 Å². The lowest BCUT2D eigenvalue weighted by Crippen LogP contribution is -2.63. The highest BCUT2D eigenvalue weighted by Gasteiger charge is 2.53. The van der Waals surface area contributed by atoms with Crippen molar-refractivity contribution >= 4 is 29.7 Å². The summed E-state index contributed by atoms with van der Waals surface area (Å²) in [7, 11) is 0. The first-order chi connectivity index (χ1) is 15.1. The van der Waals surface area contributed by atoms with Crippen molar-refractivity contribution in [2.45, 2.75) is 84.1 Å². The van der Waals surface area contributed by atoms with Crippen LogP contribution in [-0.2, 0) is 52.4 Å². The summed E-state index contributed by atoms with van der Waals surface area (Å²) < 4.78 is 32.6. The average molecular weight is 458 g/mol. The number of hydrogen-bond donors (Lipinski definition) is 0. The fourth-order valence-corrected chi connectivity index (χ4v) is 3.77. The lowest BCUT2D eigenvalue weighted by Gasteiger charge is -2.44. The predicted octanol–water partition coefficient (Wildman–Crippen LogP) is 0.845. The highest BCUT2D eigenvalue weighted by Crippen LogP contribution is 2.31. The van der Waals surface area contributed by atoms with Gasteiger partial charge >= 0.3 is 23.9 Å². The third-order valence-electron chi connectivity index (χ3n) is 5.09. The normalized spacial score (nSPS) is 30.2. The van der Waals surface area contributed by atoms with Gasteiger partial charge in [-0.1, -0.05) is 6.42 Å². The Kier molecular flexibility index (Phi) is 9.58. The molecule has 1 saturated carbocycles. The van der Waals surface area contributed by atoms with Crippen LogP contribution in [0.2, 0.25) is 0 Å². The molecule has 0 radical (unpaired) electrons. The number of rotatable bonds is 8. The minimum Gasteiger partial charge on any atom is -0.463 e. The lowest BCUT2D eigenvalue weighted by molar-refractivity contribution is -0.309. The standard InChI is InChI=1S/C21H30O11/c1-11(22)27-10-17-18(29-12(2)23)19(30-13(3)24)20(31-14(4)25)21(32-17)28-9-15-7-5-6-8-16(15)26/h15,17-21H,5-10H2,1-4H3/t15-,17+,18+,19-,20+,21+/m0/s1. The Balaban J connectivity index is 2.31. The van der Waals surface area contributed by atoms with Crippen molar-refractivity contribution in [1.29, 1.82) is 0 Å². The second-order valence-corrected chi connectivity index (χ2v) is 7.81. The van der Waals surface area contributed by atoms with Gasteiger partial charge in [-0.25, -0.2) is 0 Å². The van der Waals surface area contributed by atoms with E-state index in [9.17, 15) is 24.0 Å². The van der Waals surface area contributed by atoms with Gasteiger partial charge < -0.3 is 28.4 Å². The molecule has 2 aliphatic rings. The third-order valence-corrected chi connectivity index (χ3v) is 5.09. The van der Waals surface area contributed by atoms with Gasteiger partial charge in [-0.05, 0) is 12.8 Å². The van der Waals surface area contributed by atoms with Crippen LogP contribution in [0.3, 0.4) is 0 Å². The second-order valence-electron chi connectivity index (χ2n) is 7.81. The fraction of sp³-hybridized carbons (Fsp3) is 0.762. The van der Waals surface area contributed by atoms with E-state index < -0.39 is 54.6 Å². The van der Waals surface area contributed by atoms with Crippen LogP contribution in [-0.4, -0.2) is 73.6 Å². The van der Waals surface area contributed by atoms with E-state index in [2.05, 4.69) is 0 Å². The smallest absolute Gasteiger partial charge is 0.303 e. The predicted molar refractivity (Wildman–Crippen MR) is 105 cm³/mol. The topological polar surface area (TPSA) is 141 Å². The maximum Gasteiger partial charge on any atom is 0.303 e. The maximum absolute atomic E-state index is 12.2.